The van der Waals surface area contributed by atoms with Crippen molar-refractivity contribution in [3.8, 4) is 5.75 Å². The molecule has 2 aromatic carbocycles. The normalized spacial score (nSPS) is 13.5. The van der Waals surface area contributed by atoms with Gasteiger partial charge >= 0.3 is 0 Å². The number of aryl methyl sites for hydroxylation is 1. The lowest BCUT2D eigenvalue weighted by Gasteiger charge is -2.29. The van der Waals surface area contributed by atoms with Gasteiger partial charge in [-0.05, 0) is 43.5 Å². The van der Waals surface area contributed by atoms with Crippen LogP contribution in [0.15, 0.2) is 48.5 Å². The predicted molar refractivity (Wildman–Crippen MR) is 112 cm³/mol. The van der Waals surface area contributed by atoms with Crippen molar-refractivity contribution in [1.82, 2.24) is 5.32 Å². The molecular weight excluding hydrogens is 376 g/mol. The van der Waals surface area contributed by atoms with Crippen LogP contribution in [0.4, 0.5) is 5.69 Å². The Morgan fingerprint density at radius 3 is 2.32 bits per heavy atom. The Morgan fingerprint density at radius 2 is 1.79 bits per heavy atom. The van der Waals surface area contributed by atoms with E-state index in [4.69, 9.17) is 4.74 Å². The van der Waals surface area contributed by atoms with E-state index in [1.807, 2.05) is 31.2 Å². The quantitative estimate of drug-likeness (QED) is 0.733. The Bertz CT molecular complexity index is 910. The highest BCUT2D eigenvalue weighted by atomic mass is 32.2. The van der Waals surface area contributed by atoms with Crippen LogP contribution >= 0.6 is 0 Å². The van der Waals surface area contributed by atoms with E-state index in [1.165, 1.54) is 12.7 Å². The fourth-order valence-corrected chi connectivity index (χ4v) is 4.18. The van der Waals surface area contributed by atoms with E-state index in [2.05, 4.69) is 12.2 Å². The van der Waals surface area contributed by atoms with Crippen molar-refractivity contribution in [1.29, 1.82) is 0 Å². The number of anilines is 1. The van der Waals surface area contributed by atoms with E-state index < -0.39 is 16.1 Å². The second-order valence-corrected chi connectivity index (χ2v) is 8.62. The van der Waals surface area contributed by atoms with Gasteiger partial charge in [0, 0.05) is 6.07 Å². The topological polar surface area (TPSA) is 75.7 Å². The van der Waals surface area contributed by atoms with Crippen molar-refractivity contribution in [2.24, 2.45) is 0 Å². The molecule has 0 bridgehead atoms. The maximum Gasteiger partial charge on any atom is 0.244 e. The van der Waals surface area contributed by atoms with Gasteiger partial charge in [-0.1, -0.05) is 37.3 Å². The smallest absolute Gasteiger partial charge is 0.244 e. The number of sulfonamides is 1. The number of rotatable bonds is 8. The molecule has 0 aliphatic carbocycles. The fraction of sp³-hybridized carbons (Fsp3) is 0.381. The average molecular weight is 405 g/mol. The first-order valence-corrected chi connectivity index (χ1v) is 11.0. The molecule has 0 aromatic heterocycles. The van der Waals surface area contributed by atoms with Gasteiger partial charge in [0.15, 0.2) is 0 Å². The first-order chi connectivity index (χ1) is 13.2. The highest BCUT2D eigenvalue weighted by Crippen LogP contribution is 2.25. The van der Waals surface area contributed by atoms with Crippen LogP contribution in [0.25, 0.3) is 0 Å². The number of methoxy groups -OCH3 is 1. The number of hydrogen-bond acceptors (Lipinski definition) is 4. The van der Waals surface area contributed by atoms with E-state index >= 15 is 0 Å². The molecule has 0 fully saturated rings. The zero-order valence-electron chi connectivity index (χ0n) is 17.0. The third kappa shape index (κ3) is 5.25. The first kappa shape index (κ1) is 21.8. The van der Waals surface area contributed by atoms with Crippen LogP contribution in [0, 0.1) is 0 Å². The maximum absolute atomic E-state index is 12.8. The highest BCUT2D eigenvalue weighted by Gasteiger charge is 2.30. The summed E-state index contributed by atoms with van der Waals surface area (Å²) in [6, 6.07) is 13.5. The van der Waals surface area contributed by atoms with Gasteiger partial charge < -0.3 is 10.1 Å². The molecule has 6 nitrogen and oxygen atoms in total. The fourth-order valence-electron chi connectivity index (χ4n) is 3.02. The summed E-state index contributed by atoms with van der Waals surface area (Å²) < 4.78 is 31.1. The van der Waals surface area contributed by atoms with Crippen molar-refractivity contribution in [2.45, 2.75) is 39.3 Å². The van der Waals surface area contributed by atoms with E-state index in [9.17, 15) is 13.2 Å². The number of ether oxygens (including phenoxy) is 1. The summed E-state index contributed by atoms with van der Waals surface area (Å²) in [7, 11) is -2.17. The Labute approximate surface area is 167 Å². The SMILES string of the molecule is CCc1ccc([C@@H](C)NC(=O)[C@@H](C)N(c2cccc(OC)c2)S(C)(=O)=O)cc1. The van der Waals surface area contributed by atoms with Crippen LogP contribution in [-0.2, 0) is 21.2 Å². The van der Waals surface area contributed by atoms with Crippen LogP contribution in [0.3, 0.4) is 0 Å². The number of carbonyl (C=O) groups is 1. The van der Waals surface area contributed by atoms with Gasteiger partial charge in [0.05, 0.1) is 25.1 Å². The van der Waals surface area contributed by atoms with Gasteiger partial charge in [-0.3, -0.25) is 9.10 Å². The average Bonchev–Trinajstić information content (AvgIpc) is 2.67. The Kier molecular flexibility index (Phi) is 7.07. The standard InChI is InChI=1S/C21H28N2O4S/c1-6-17-10-12-18(13-11-17)15(2)22-21(24)16(3)23(28(5,25)26)19-8-7-9-20(14-19)27-4/h7-16H,6H2,1-5H3,(H,22,24)/t15-,16-/m1/s1. The van der Waals surface area contributed by atoms with Crippen LogP contribution in [0.2, 0.25) is 0 Å². The summed E-state index contributed by atoms with van der Waals surface area (Å²) in [6.45, 7) is 5.53. The van der Waals surface area contributed by atoms with Gasteiger partial charge in [-0.2, -0.15) is 0 Å². The monoisotopic (exact) mass is 404 g/mol. The molecule has 0 unspecified atom stereocenters. The van der Waals surface area contributed by atoms with E-state index in [0.717, 1.165) is 22.5 Å². The molecule has 0 aliphatic heterocycles. The number of nitrogens with zero attached hydrogens (tertiary/aromatic N) is 1. The third-order valence-electron chi connectivity index (χ3n) is 4.64. The van der Waals surface area contributed by atoms with Gasteiger partial charge in [0.25, 0.3) is 0 Å². The summed E-state index contributed by atoms with van der Waals surface area (Å²) in [6.07, 6.45) is 2.03. The molecule has 7 heteroatoms. The van der Waals surface area contributed by atoms with Gasteiger partial charge in [-0.15, -0.1) is 0 Å². The molecule has 1 N–H and O–H groups in total. The number of hydrogen-bond donors (Lipinski definition) is 1. The Balaban J connectivity index is 2.23. The highest BCUT2D eigenvalue weighted by molar-refractivity contribution is 7.92. The van der Waals surface area contributed by atoms with Crippen LogP contribution < -0.4 is 14.4 Å². The molecule has 0 saturated carbocycles. The van der Waals surface area contributed by atoms with Crippen molar-refractivity contribution >= 4 is 21.6 Å². The summed E-state index contributed by atoms with van der Waals surface area (Å²) in [5.74, 6) is 0.142. The lowest BCUT2D eigenvalue weighted by molar-refractivity contribution is -0.122. The molecule has 2 atom stereocenters. The van der Waals surface area contributed by atoms with E-state index in [-0.39, 0.29) is 11.9 Å². The molecule has 2 rings (SSSR count). The Hall–Kier alpha value is -2.54. The molecule has 0 heterocycles. The van der Waals surface area contributed by atoms with Crippen molar-refractivity contribution in [2.75, 3.05) is 17.7 Å². The van der Waals surface area contributed by atoms with Crippen LogP contribution in [-0.4, -0.2) is 33.7 Å². The summed E-state index contributed by atoms with van der Waals surface area (Å²) in [5, 5.41) is 2.91. The third-order valence-corrected chi connectivity index (χ3v) is 5.88. The second-order valence-electron chi connectivity index (χ2n) is 6.76. The molecule has 0 spiro atoms. The zero-order valence-corrected chi connectivity index (χ0v) is 17.8. The van der Waals surface area contributed by atoms with Gasteiger partial charge in [0.2, 0.25) is 15.9 Å². The number of nitrogens with one attached hydrogen (secondary N) is 1. The van der Waals surface area contributed by atoms with E-state index in [0.29, 0.717) is 11.4 Å². The van der Waals surface area contributed by atoms with E-state index in [1.54, 1.807) is 31.2 Å². The van der Waals surface area contributed by atoms with Gasteiger partial charge in [-0.25, -0.2) is 8.42 Å². The molecule has 0 radical (unpaired) electrons. The van der Waals surface area contributed by atoms with Crippen LogP contribution in [0.1, 0.15) is 37.9 Å². The summed E-state index contributed by atoms with van der Waals surface area (Å²) in [5.41, 5.74) is 2.56. The lowest BCUT2D eigenvalue weighted by Crippen LogP contribution is -2.48. The molecular formula is C21H28N2O4S. The minimum Gasteiger partial charge on any atom is -0.497 e. The molecule has 0 aliphatic rings. The molecule has 152 valence electrons. The van der Waals surface area contributed by atoms with Crippen molar-refractivity contribution < 1.29 is 17.9 Å². The van der Waals surface area contributed by atoms with Crippen LogP contribution in [0.5, 0.6) is 5.75 Å². The molecule has 2 aromatic rings. The maximum atomic E-state index is 12.8. The summed E-state index contributed by atoms with van der Waals surface area (Å²) in [4.78, 5) is 12.8. The molecule has 1 amide bonds. The number of amides is 1. The number of carbonyl (C=O) groups excluding carboxylic acids is 1. The molecule has 28 heavy (non-hydrogen) atoms. The van der Waals surface area contributed by atoms with Crippen molar-refractivity contribution in [3.63, 3.8) is 0 Å². The minimum atomic E-state index is -3.68. The lowest BCUT2D eigenvalue weighted by atomic mass is 10.0. The second kappa shape index (κ2) is 9.10. The zero-order chi connectivity index (χ0) is 20.9. The minimum absolute atomic E-state index is 0.243. The number of benzene rings is 2. The Morgan fingerprint density at radius 1 is 1.14 bits per heavy atom. The predicted octanol–water partition coefficient (Wildman–Crippen LogP) is 3.29. The largest absolute Gasteiger partial charge is 0.497 e. The first-order valence-electron chi connectivity index (χ1n) is 9.20. The van der Waals surface area contributed by atoms with Gasteiger partial charge in [0.1, 0.15) is 11.8 Å². The van der Waals surface area contributed by atoms with Crippen molar-refractivity contribution in [3.05, 3.63) is 59.7 Å². The molecule has 0 saturated heterocycles. The summed E-state index contributed by atoms with van der Waals surface area (Å²) >= 11 is 0.